The molecule has 6 nitrogen and oxygen atoms in total. The topological polar surface area (TPSA) is 72.2 Å². The summed E-state index contributed by atoms with van der Waals surface area (Å²) in [4.78, 5) is 20.3. The Labute approximate surface area is 132 Å². The van der Waals surface area contributed by atoms with Crippen LogP contribution in [0.1, 0.15) is 18.5 Å². The molecule has 0 fully saturated rings. The number of benzene rings is 1. The van der Waals surface area contributed by atoms with Crippen LogP contribution in [0.3, 0.4) is 0 Å². The predicted molar refractivity (Wildman–Crippen MR) is 84.5 cm³/mol. The molecule has 7 heteroatoms. The van der Waals surface area contributed by atoms with Gasteiger partial charge in [-0.3, -0.25) is 4.79 Å². The number of carbonyl (C=O) groups is 1. The van der Waals surface area contributed by atoms with Gasteiger partial charge in [0.15, 0.2) is 0 Å². The molecule has 0 aliphatic carbocycles. The van der Waals surface area contributed by atoms with E-state index in [-0.39, 0.29) is 17.7 Å². The number of amides is 1. The van der Waals surface area contributed by atoms with E-state index in [1.54, 1.807) is 23.0 Å². The highest BCUT2D eigenvalue weighted by atomic mass is 32.2. The molecule has 0 bridgehead atoms. The molecule has 3 aromatic rings. The quantitative estimate of drug-likeness (QED) is 0.730. The summed E-state index contributed by atoms with van der Waals surface area (Å²) >= 11 is 1.30. The second-order valence-electron chi connectivity index (χ2n) is 4.75. The third-order valence-corrected chi connectivity index (χ3v) is 3.94. The molecule has 0 unspecified atom stereocenters. The van der Waals surface area contributed by atoms with Gasteiger partial charge in [-0.25, -0.2) is 9.50 Å². The van der Waals surface area contributed by atoms with Gasteiger partial charge in [0.1, 0.15) is 0 Å². The van der Waals surface area contributed by atoms with Crippen molar-refractivity contribution in [3.8, 4) is 0 Å². The molecule has 0 saturated heterocycles. The fraction of sp³-hybridized carbons (Fsp3) is 0.200. The highest BCUT2D eigenvalue weighted by Gasteiger charge is 2.11. The maximum absolute atomic E-state index is 12.0. The van der Waals surface area contributed by atoms with E-state index in [2.05, 4.69) is 20.4 Å². The molecule has 0 radical (unpaired) electrons. The summed E-state index contributed by atoms with van der Waals surface area (Å²) in [5.41, 5.74) is 1.08. The van der Waals surface area contributed by atoms with Gasteiger partial charge < -0.3 is 5.32 Å². The molecule has 0 saturated carbocycles. The Bertz CT molecular complexity index is 741. The van der Waals surface area contributed by atoms with E-state index < -0.39 is 0 Å². The number of fused-ring (bicyclic) bond motifs is 1. The highest BCUT2D eigenvalue weighted by Crippen LogP contribution is 2.15. The van der Waals surface area contributed by atoms with Gasteiger partial charge in [0, 0.05) is 12.4 Å². The Hall–Kier alpha value is -2.41. The van der Waals surface area contributed by atoms with E-state index in [0.29, 0.717) is 10.9 Å². The van der Waals surface area contributed by atoms with Gasteiger partial charge in [-0.2, -0.15) is 4.98 Å². The fourth-order valence-corrected chi connectivity index (χ4v) is 2.65. The molecule has 22 heavy (non-hydrogen) atoms. The normalized spacial score (nSPS) is 12.2. The van der Waals surface area contributed by atoms with Crippen molar-refractivity contribution in [3.63, 3.8) is 0 Å². The SMILES string of the molecule is C[C@H](NC(=O)CSc1nc2ncccn2n1)c1ccccc1. The Morgan fingerprint density at radius 1 is 1.32 bits per heavy atom. The van der Waals surface area contributed by atoms with Crippen LogP contribution in [0.15, 0.2) is 53.9 Å². The van der Waals surface area contributed by atoms with Gasteiger partial charge in [-0.15, -0.1) is 5.10 Å². The first-order valence-electron chi connectivity index (χ1n) is 6.87. The first-order valence-corrected chi connectivity index (χ1v) is 7.85. The van der Waals surface area contributed by atoms with Crippen LogP contribution in [0, 0.1) is 0 Å². The third-order valence-electron chi connectivity index (χ3n) is 3.11. The van der Waals surface area contributed by atoms with Crippen molar-refractivity contribution in [2.75, 3.05) is 5.75 Å². The lowest BCUT2D eigenvalue weighted by atomic mass is 10.1. The number of nitrogens with zero attached hydrogens (tertiary/aromatic N) is 4. The summed E-state index contributed by atoms with van der Waals surface area (Å²) in [5, 5.41) is 7.75. The Morgan fingerprint density at radius 3 is 2.91 bits per heavy atom. The van der Waals surface area contributed by atoms with Gasteiger partial charge in [0.05, 0.1) is 11.8 Å². The minimum Gasteiger partial charge on any atom is -0.349 e. The molecule has 0 spiro atoms. The summed E-state index contributed by atoms with van der Waals surface area (Å²) in [6, 6.07) is 11.6. The highest BCUT2D eigenvalue weighted by molar-refractivity contribution is 7.99. The van der Waals surface area contributed by atoms with Gasteiger partial charge in [0.25, 0.3) is 5.78 Å². The van der Waals surface area contributed by atoms with E-state index in [4.69, 9.17) is 0 Å². The summed E-state index contributed by atoms with van der Waals surface area (Å²) < 4.78 is 1.59. The summed E-state index contributed by atoms with van der Waals surface area (Å²) in [5.74, 6) is 0.755. The maximum atomic E-state index is 12.0. The van der Waals surface area contributed by atoms with E-state index in [9.17, 15) is 4.79 Å². The maximum Gasteiger partial charge on any atom is 0.253 e. The van der Waals surface area contributed by atoms with Gasteiger partial charge >= 0.3 is 0 Å². The average Bonchev–Trinajstić information content (AvgIpc) is 2.96. The zero-order valence-electron chi connectivity index (χ0n) is 12.0. The van der Waals surface area contributed by atoms with Crippen molar-refractivity contribution >= 4 is 23.4 Å². The number of aromatic nitrogens is 4. The molecule has 0 aliphatic heterocycles. The van der Waals surface area contributed by atoms with Crippen LogP contribution in [0.25, 0.3) is 5.78 Å². The number of rotatable bonds is 5. The van der Waals surface area contributed by atoms with Crippen molar-refractivity contribution < 1.29 is 4.79 Å². The van der Waals surface area contributed by atoms with Crippen LogP contribution in [0.4, 0.5) is 0 Å². The first-order chi connectivity index (χ1) is 10.7. The van der Waals surface area contributed by atoms with Crippen LogP contribution in [-0.2, 0) is 4.79 Å². The van der Waals surface area contributed by atoms with Crippen molar-refractivity contribution in [1.82, 2.24) is 24.9 Å². The molecule has 112 valence electrons. The van der Waals surface area contributed by atoms with Crippen LogP contribution in [0.2, 0.25) is 0 Å². The van der Waals surface area contributed by atoms with Crippen molar-refractivity contribution in [1.29, 1.82) is 0 Å². The van der Waals surface area contributed by atoms with Crippen molar-refractivity contribution in [2.24, 2.45) is 0 Å². The monoisotopic (exact) mass is 313 g/mol. The lowest BCUT2D eigenvalue weighted by molar-refractivity contribution is -0.119. The number of nitrogens with one attached hydrogen (secondary N) is 1. The molecule has 1 atom stereocenters. The largest absolute Gasteiger partial charge is 0.349 e. The van der Waals surface area contributed by atoms with Gasteiger partial charge in [-0.05, 0) is 18.6 Å². The molecular weight excluding hydrogens is 298 g/mol. The molecule has 1 aromatic carbocycles. The molecule has 1 amide bonds. The minimum atomic E-state index is -0.0480. The van der Waals surface area contributed by atoms with Crippen LogP contribution >= 0.6 is 11.8 Å². The smallest absolute Gasteiger partial charge is 0.253 e. The van der Waals surface area contributed by atoms with Gasteiger partial charge in [-0.1, -0.05) is 42.1 Å². The van der Waals surface area contributed by atoms with E-state index in [1.807, 2.05) is 37.3 Å². The Kier molecular flexibility index (Phi) is 4.34. The van der Waals surface area contributed by atoms with Crippen LogP contribution < -0.4 is 5.32 Å². The van der Waals surface area contributed by atoms with Gasteiger partial charge in [0.2, 0.25) is 11.1 Å². The summed E-state index contributed by atoms with van der Waals surface area (Å²) in [6.07, 6.45) is 3.43. The summed E-state index contributed by atoms with van der Waals surface area (Å²) in [7, 11) is 0. The first kappa shape index (κ1) is 14.5. The van der Waals surface area contributed by atoms with Crippen LogP contribution in [-0.4, -0.2) is 31.2 Å². The van der Waals surface area contributed by atoms with E-state index in [0.717, 1.165) is 5.56 Å². The van der Waals surface area contributed by atoms with Crippen LogP contribution in [0.5, 0.6) is 0 Å². The second-order valence-corrected chi connectivity index (χ2v) is 5.69. The van der Waals surface area contributed by atoms with E-state index in [1.165, 1.54) is 11.8 Å². The number of carbonyl (C=O) groups excluding carboxylic acids is 1. The zero-order chi connectivity index (χ0) is 15.4. The predicted octanol–water partition coefficient (Wildman–Crippen LogP) is 2.09. The molecular formula is C15H15N5OS. The lowest BCUT2D eigenvalue weighted by Gasteiger charge is -2.13. The molecule has 1 N–H and O–H groups in total. The van der Waals surface area contributed by atoms with Crippen molar-refractivity contribution in [2.45, 2.75) is 18.1 Å². The molecule has 2 aromatic heterocycles. The zero-order valence-corrected chi connectivity index (χ0v) is 12.8. The Morgan fingerprint density at radius 2 is 2.14 bits per heavy atom. The third kappa shape index (κ3) is 3.43. The number of hydrogen-bond acceptors (Lipinski definition) is 5. The van der Waals surface area contributed by atoms with E-state index >= 15 is 0 Å². The minimum absolute atomic E-state index is 0.0232. The molecule has 3 rings (SSSR count). The molecule has 2 heterocycles. The number of hydrogen-bond donors (Lipinski definition) is 1. The average molecular weight is 313 g/mol. The molecule has 0 aliphatic rings. The fourth-order valence-electron chi connectivity index (χ4n) is 2.01. The standard InChI is InChI=1S/C15H15N5OS/c1-11(12-6-3-2-4-7-12)17-13(21)10-22-15-18-14-16-8-5-9-20(14)19-15/h2-9,11H,10H2,1H3,(H,17,21)/t11-/m0/s1. The Balaban J connectivity index is 1.56. The van der Waals surface area contributed by atoms with Crippen molar-refractivity contribution in [3.05, 3.63) is 54.4 Å². The second kappa shape index (κ2) is 6.57. The lowest BCUT2D eigenvalue weighted by Crippen LogP contribution is -2.28. The summed E-state index contributed by atoms with van der Waals surface area (Å²) in [6.45, 7) is 1.96. The number of thioether (sulfide) groups is 1.